The van der Waals surface area contributed by atoms with Crippen molar-refractivity contribution in [1.29, 1.82) is 0 Å². The van der Waals surface area contributed by atoms with E-state index in [0.29, 0.717) is 29.8 Å². The van der Waals surface area contributed by atoms with Crippen LogP contribution < -0.4 is 10.1 Å². The van der Waals surface area contributed by atoms with Gasteiger partial charge in [0.25, 0.3) is 5.91 Å². The average molecular weight is 417 g/mol. The largest absolute Gasteiger partial charge is 0.484 e. The first-order valence-corrected chi connectivity index (χ1v) is 10.1. The molecule has 0 aliphatic carbocycles. The fourth-order valence-electron chi connectivity index (χ4n) is 2.75. The van der Waals surface area contributed by atoms with E-state index in [2.05, 4.69) is 5.32 Å². The summed E-state index contributed by atoms with van der Waals surface area (Å²) in [6, 6.07) is 14.1. The molecule has 0 spiro atoms. The third kappa shape index (κ3) is 7.42. The monoisotopic (exact) mass is 416 g/mol. The molecule has 0 saturated carbocycles. The lowest BCUT2D eigenvalue weighted by molar-refractivity contribution is -0.142. The molecule has 1 atom stereocenters. The third-order valence-electron chi connectivity index (χ3n) is 4.47. The van der Waals surface area contributed by atoms with Crippen molar-refractivity contribution >= 4 is 23.4 Å². The van der Waals surface area contributed by atoms with Crippen LogP contribution in [0.1, 0.15) is 31.9 Å². The number of benzene rings is 2. The Hall–Kier alpha value is -2.53. The van der Waals surface area contributed by atoms with Crippen LogP contribution in [0.25, 0.3) is 0 Å². The van der Waals surface area contributed by atoms with E-state index in [9.17, 15) is 9.59 Å². The first-order chi connectivity index (χ1) is 13.8. The fraction of sp³-hybridized carbons (Fsp3) is 0.391. The maximum Gasteiger partial charge on any atom is 0.261 e. The van der Waals surface area contributed by atoms with E-state index >= 15 is 0 Å². The van der Waals surface area contributed by atoms with Crippen molar-refractivity contribution in [2.24, 2.45) is 5.92 Å². The number of aryl methyl sites for hydroxylation is 1. The van der Waals surface area contributed by atoms with Crippen LogP contribution in [0.2, 0.25) is 5.02 Å². The molecule has 2 aromatic carbocycles. The molecule has 0 unspecified atom stereocenters. The van der Waals surface area contributed by atoms with E-state index in [1.54, 1.807) is 19.1 Å². The van der Waals surface area contributed by atoms with Crippen LogP contribution in [0.4, 0.5) is 0 Å². The van der Waals surface area contributed by atoms with Gasteiger partial charge in [-0.05, 0) is 55.2 Å². The third-order valence-corrected chi connectivity index (χ3v) is 4.72. The zero-order valence-corrected chi connectivity index (χ0v) is 18.2. The van der Waals surface area contributed by atoms with Gasteiger partial charge in [-0.2, -0.15) is 0 Å². The molecule has 0 bridgehead atoms. The van der Waals surface area contributed by atoms with Crippen molar-refractivity contribution in [2.75, 3.05) is 13.2 Å². The Bertz CT molecular complexity index is 821. The first kappa shape index (κ1) is 22.8. The van der Waals surface area contributed by atoms with Gasteiger partial charge in [0.05, 0.1) is 0 Å². The van der Waals surface area contributed by atoms with Crippen LogP contribution in [-0.2, 0) is 16.1 Å². The van der Waals surface area contributed by atoms with Crippen LogP contribution in [0, 0.1) is 12.8 Å². The van der Waals surface area contributed by atoms with Gasteiger partial charge in [0.15, 0.2) is 6.61 Å². The number of ether oxygens (including phenoxy) is 1. The van der Waals surface area contributed by atoms with Gasteiger partial charge >= 0.3 is 0 Å². The van der Waals surface area contributed by atoms with E-state index in [-0.39, 0.29) is 18.4 Å². The second kappa shape index (κ2) is 10.9. The van der Waals surface area contributed by atoms with E-state index < -0.39 is 6.04 Å². The second-order valence-electron chi connectivity index (χ2n) is 7.57. The Labute approximate surface area is 178 Å². The Balaban J connectivity index is 2.12. The SMILES string of the molecule is Cc1cccc(OCC(=O)N(Cc2ccc(Cl)cc2)[C@H](C)C(=O)NCC(C)C)c1. The summed E-state index contributed by atoms with van der Waals surface area (Å²) in [5.74, 6) is 0.517. The lowest BCUT2D eigenvalue weighted by atomic mass is 10.1. The van der Waals surface area contributed by atoms with Crippen LogP contribution in [0.15, 0.2) is 48.5 Å². The van der Waals surface area contributed by atoms with Crippen molar-refractivity contribution in [1.82, 2.24) is 10.2 Å². The summed E-state index contributed by atoms with van der Waals surface area (Å²) in [4.78, 5) is 27.1. The summed E-state index contributed by atoms with van der Waals surface area (Å²) in [5.41, 5.74) is 1.94. The van der Waals surface area contributed by atoms with Crippen molar-refractivity contribution in [3.05, 3.63) is 64.7 Å². The lowest BCUT2D eigenvalue weighted by Crippen LogP contribution is -2.49. The number of nitrogens with zero attached hydrogens (tertiary/aromatic N) is 1. The molecule has 2 amide bonds. The molecular weight excluding hydrogens is 388 g/mol. The molecule has 2 rings (SSSR count). The second-order valence-corrected chi connectivity index (χ2v) is 8.00. The topological polar surface area (TPSA) is 58.6 Å². The number of hydrogen-bond donors (Lipinski definition) is 1. The smallest absolute Gasteiger partial charge is 0.261 e. The summed E-state index contributed by atoms with van der Waals surface area (Å²) in [5, 5.41) is 3.52. The maximum atomic E-state index is 13.0. The van der Waals surface area contributed by atoms with Gasteiger partial charge in [0.1, 0.15) is 11.8 Å². The zero-order chi connectivity index (χ0) is 21.4. The molecule has 0 aliphatic heterocycles. The molecule has 0 saturated heterocycles. The first-order valence-electron chi connectivity index (χ1n) is 9.77. The minimum absolute atomic E-state index is 0.140. The predicted octanol–water partition coefficient (Wildman–Crippen LogP) is 4.22. The number of hydrogen-bond acceptors (Lipinski definition) is 3. The number of carbonyl (C=O) groups excluding carboxylic acids is 2. The minimum atomic E-state index is -0.627. The molecule has 0 radical (unpaired) electrons. The summed E-state index contributed by atoms with van der Waals surface area (Å²) in [6.07, 6.45) is 0. The Kier molecular flexibility index (Phi) is 8.52. The van der Waals surface area contributed by atoms with Crippen molar-refractivity contribution in [3.63, 3.8) is 0 Å². The van der Waals surface area contributed by atoms with Crippen LogP contribution in [-0.4, -0.2) is 35.9 Å². The number of halogens is 1. The summed E-state index contributed by atoms with van der Waals surface area (Å²) >= 11 is 5.96. The molecule has 156 valence electrons. The van der Waals surface area contributed by atoms with E-state index in [4.69, 9.17) is 16.3 Å². The van der Waals surface area contributed by atoms with Gasteiger partial charge in [-0.25, -0.2) is 0 Å². The standard InChI is InChI=1S/C23H29ClN2O3/c1-16(2)13-25-23(28)18(4)26(14-19-8-10-20(24)11-9-19)22(27)15-29-21-7-5-6-17(3)12-21/h5-12,16,18H,13-15H2,1-4H3,(H,25,28)/t18-/m1/s1. The van der Waals surface area contributed by atoms with Gasteiger partial charge in [0.2, 0.25) is 5.91 Å². The molecule has 0 fully saturated rings. The van der Waals surface area contributed by atoms with Gasteiger partial charge in [-0.3, -0.25) is 9.59 Å². The van der Waals surface area contributed by atoms with E-state index in [0.717, 1.165) is 11.1 Å². The van der Waals surface area contributed by atoms with Gasteiger partial charge in [-0.1, -0.05) is 49.7 Å². The summed E-state index contributed by atoms with van der Waals surface area (Å²) in [6.45, 7) is 8.46. The van der Waals surface area contributed by atoms with Gasteiger partial charge in [-0.15, -0.1) is 0 Å². The molecule has 2 aromatic rings. The molecular formula is C23H29ClN2O3. The lowest BCUT2D eigenvalue weighted by Gasteiger charge is -2.29. The van der Waals surface area contributed by atoms with E-state index in [1.807, 2.05) is 57.2 Å². The minimum Gasteiger partial charge on any atom is -0.484 e. The highest BCUT2D eigenvalue weighted by Crippen LogP contribution is 2.16. The molecule has 1 N–H and O–H groups in total. The fourth-order valence-corrected chi connectivity index (χ4v) is 2.88. The van der Waals surface area contributed by atoms with Crippen molar-refractivity contribution < 1.29 is 14.3 Å². The maximum absolute atomic E-state index is 13.0. The molecule has 6 heteroatoms. The normalized spacial score (nSPS) is 11.8. The highest BCUT2D eigenvalue weighted by Gasteiger charge is 2.26. The summed E-state index contributed by atoms with van der Waals surface area (Å²) < 4.78 is 5.67. The molecule has 29 heavy (non-hydrogen) atoms. The van der Waals surface area contributed by atoms with Crippen molar-refractivity contribution in [2.45, 2.75) is 40.3 Å². The van der Waals surface area contributed by atoms with Crippen LogP contribution in [0.3, 0.4) is 0 Å². The predicted molar refractivity (Wildman–Crippen MR) is 116 cm³/mol. The average Bonchev–Trinajstić information content (AvgIpc) is 2.69. The van der Waals surface area contributed by atoms with Gasteiger partial charge < -0.3 is 15.0 Å². The van der Waals surface area contributed by atoms with Gasteiger partial charge in [0, 0.05) is 18.1 Å². The highest BCUT2D eigenvalue weighted by atomic mass is 35.5. The van der Waals surface area contributed by atoms with E-state index in [1.165, 1.54) is 4.90 Å². The number of nitrogens with one attached hydrogen (secondary N) is 1. The number of amides is 2. The molecule has 0 aromatic heterocycles. The highest BCUT2D eigenvalue weighted by molar-refractivity contribution is 6.30. The number of carbonyl (C=O) groups is 2. The molecule has 0 aliphatic rings. The molecule has 5 nitrogen and oxygen atoms in total. The summed E-state index contributed by atoms with van der Waals surface area (Å²) in [7, 11) is 0. The Morgan fingerprint density at radius 2 is 1.79 bits per heavy atom. The molecule has 0 heterocycles. The zero-order valence-electron chi connectivity index (χ0n) is 17.4. The van der Waals surface area contributed by atoms with Crippen LogP contribution >= 0.6 is 11.6 Å². The number of rotatable bonds is 9. The Morgan fingerprint density at radius 3 is 2.41 bits per heavy atom. The van der Waals surface area contributed by atoms with Crippen molar-refractivity contribution in [3.8, 4) is 5.75 Å². The Morgan fingerprint density at radius 1 is 1.10 bits per heavy atom. The quantitative estimate of drug-likeness (QED) is 0.665. The van der Waals surface area contributed by atoms with Crippen LogP contribution in [0.5, 0.6) is 5.75 Å².